The standard InChI is InChI=1S/C33H31Cl2N/c1-20-15-22-7-3-4-8-23(22)17-30(20)28-11-5-9-26(32(28)34)27-10-6-12-29(33(27)35)31-18-24-13-14-36-19-25(24)16-21(31)2/h5-6,9-12,15-18,36H,3-4,7-8,13-14,19H2,1-2H3. The van der Waals surface area contributed by atoms with Crippen molar-refractivity contribution >= 4 is 23.2 Å². The van der Waals surface area contributed by atoms with Crippen molar-refractivity contribution in [2.45, 2.75) is 52.5 Å². The van der Waals surface area contributed by atoms with Crippen LogP contribution < -0.4 is 5.32 Å². The molecule has 182 valence electrons. The fourth-order valence-electron chi connectivity index (χ4n) is 6.04. The fraction of sp³-hybridized carbons (Fsp3) is 0.273. The van der Waals surface area contributed by atoms with Gasteiger partial charge in [0.15, 0.2) is 0 Å². The minimum atomic E-state index is 0.760. The normalized spacial score (nSPS) is 14.9. The van der Waals surface area contributed by atoms with E-state index in [1.807, 2.05) is 0 Å². The molecule has 0 aromatic heterocycles. The molecular weight excluding hydrogens is 481 g/mol. The quantitative estimate of drug-likeness (QED) is 0.289. The Bertz CT molecular complexity index is 1370. The molecule has 4 aromatic carbocycles. The van der Waals surface area contributed by atoms with Crippen LogP contribution in [0, 0.1) is 13.8 Å². The monoisotopic (exact) mass is 511 g/mol. The highest BCUT2D eigenvalue weighted by molar-refractivity contribution is 6.39. The lowest BCUT2D eigenvalue weighted by Gasteiger charge is -2.21. The second-order valence-electron chi connectivity index (χ2n) is 10.3. The summed E-state index contributed by atoms with van der Waals surface area (Å²) in [7, 11) is 0. The van der Waals surface area contributed by atoms with Crippen molar-refractivity contribution in [1.29, 1.82) is 0 Å². The molecule has 0 saturated heterocycles. The first kappa shape index (κ1) is 23.8. The third-order valence-corrected chi connectivity index (χ3v) is 8.80. The number of hydrogen-bond acceptors (Lipinski definition) is 1. The smallest absolute Gasteiger partial charge is 0.0563 e. The van der Waals surface area contributed by atoms with Crippen LogP contribution in [0.2, 0.25) is 10.0 Å². The number of halogens is 2. The van der Waals surface area contributed by atoms with Gasteiger partial charge in [0, 0.05) is 28.8 Å². The average molecular weight is 513 g/mol. The Morgan fingerprint density at radius 1 is 0.556 bits per heavy atom. The molecule has 6 rings (SSSR count). The van der Waals surface area contributed by atoms with Gasteiger partial charge < -0.3 is 5.32 Å². The molecule has 36 heavy (non-hydrogen) atoms. The molecule has 0 saturated carbocycles. The maximum absolute atomic E-state index is 7.16. The first-order valence-electron chi connectivity index (χ1n) is 13.0. The summed E-state index contributed by atoms with van der Waals surface area (Å²) in [4.78, 5) is 0. The number of hydrogen-bond donors (Lipinski definition) is 1. The lowest BCUT2D eigenvalue weighted by Crippen LogP contribution is -2.23. The van der Waals surface area contributed by atoms with Crippen LogP contribution in [0.4, 0.5) is 0 Å². The molecule has 0 atom stereocenters. The Hall–Kier alpha value is -2.58. The fourth-order valence-corrected chi connectivity index (χ4v) is 6.70. The predicted octanol–water partition coefficient (Wildman–Crippen LogP) is 9.14. The molecule has 1 N–H and O–H groups in total. The van der Waals surface area contributed by atoms with Gasteiger partial charge in [-0.3, -0.25) is 0 Å². The van der Waals surface area contributed by atoms with Gasteiger partial charge in [0.25, 0.3) is 0 Å². The molecule has 0 radical (unpaired) electrons. The summed E-state index contributed by atoms with van der Waals surface area (Å²) >= 11 is 14.3. The van der Waals surface area contributed by atoms with Crippen molar-refractivity contribution in [3.05, 3.63) is 104 Å². The molecule has 3 heteroatoms. The molecule has 0 amide bonds. The van der Waals surface area contributed by atoms with Crippen LogP contribution >= 0.6 is 23.2 Å². The highest BCUT2D eigenvalue weighted by Crippen LogP contribution is 2.44. The van der Waals surface area contributed by atoms with Gasteiger partial charge in [0.05, 0.1) is 10.0 Å². The number of rotatable bonds is 3. The Balaban J connectivity index is 1.46. The van der Waals surface area contributed by atoms with E-state index in [4.69, 9.17) is 23.2 Å². The zero-order chi connectivity index (χ0) is 24.8. The van der Waals surface area contributed by atoms with Gasteiger partial charge in [-0.15, -0.1) is 0 Å². The van der Waals surface area contributed by atoms with Crippen LogP contribution in [0.15, 0.2) is 60.7 Å². The topological polar surface area (TPSA) is 12.0 Å². The van der Waals surface area contributed by atoms with E-state index in [9.17, 15) is 0 Å². The lowest BCUT2D eigenvalue weighted by atomic mass is 9.86. The lowest BCUT2D eigenvalue weighted by molar-refractivity contribution is 0.643. The van der Waals surface area contributed by atoms with Gasteiger partial charge in [-0.2, -0.15) is 0 Å². The number of benzene rings is 4. The summed E-state index contributed by atoms with van der Waals surface area (Å²) in [5.41, 5.74) is 14.9. The van der Waals surface area contributed by atoms with Crippen molar-refractivity contribution in [2.24, 2.45) is 0 Å². The van der Waals surface area contributed by atoms with E-state index in [1.54, 1.807) is 0 Å². The van der Waals surface area contributed by atoms with Crippen molar-refractivity contribution in [3.8, 4) is 33.4 Å². The van der Waals surface area contributed by atoms with Crippen LogP contribution in [-0.2, 0) is 25.8 Å². The molecule has 0 unspecified atom stereocenters. The van der Waals surface area contributed by atoms with E-state index in [2.05, 4.69) is 79.8 Å². The van der Waals surface area contributed by atoms with Gasteiger partial charge in [-0.1, -0.05) is 83.9 Å². The molecule has 1 nitrogen and oxygen atoms in total. The molecule has 0 spiro atoms. The minimum absolute atomic E-state index is 0.760. The molecule has 2 aliphatic rings. The first-order valence-corrected chi connectivity index (χ1v) is 13.8. The van der Waals surface area contributed by atoms with Gasteiger partial charge in [-0.05, 0) is 97.0 Å². The third-order valence-electron chi connectivity index (χ3n) is 7.99. The molecule has 4 aromatic rings. The van der Waals surface area contributed by atoms with E-state index in [-0.39, 0.29) is 0 Å². The van der Waals surface area contributed by atoms with Crippen molar-refractivity contribution < 1.29 is 0 Å². The summed E-state index contributed by atoms with van der Waals surface area (Å²) in [6.07, 6.45) is 5.95. The zero-order valence-corrected chi connectivity index (χ0v) is 22.5. The van der Waals surface area contributed by atoms with Gasteiger partial charge >= 0.3 is 0 Å². The van der Waals surface area contributed by atoms with Crippen LogP contribution in [0.25, 0.3) is 33.4 Å². The average Bonchev–Trinajstić information content (AvgIpc) is 2.89. The second kappa shape index (κ2) is 9.71. The van der Waals surface area contributed by atoms with E-state index in [1.165, 1.54) is 63.8 Å². The number of aryl methyl sites for hydroxylation is 4. The van der Waals surface area contributed by atoms with Gasteiger partial charge in [0.2, 0.25) is 0 Å². The summed E-state index contributed by atoms with van der Waals surface area (Å²) in [5, 5.41) is 5.00. The first-order chi connectivity index (χ1) is 17.5. The van der Waals surface area contributed by atoms with E-state index < -0.39 is 0 Å². The number of fused-ring (bicyclic) bond motifs is 2. The minimum Gasteiger partial charge on any atom is -0.312 e. The van der Waals surface area contributed by atoms with Crippen LogP contribution in [-0.4, -0.2) is 6.54 Å². The molecule has 0 fully saturated rings. The van der Waals surface area contributed by atoms with E-state index in [0.29, 0.717) is 0 Å². The number of nitrogens with one attached hydrogen (secondary N) is 1. The highest BCUT2D eigenvalue weighted by atomic mass is 35.5. The maximum Gasteiger partial charge on any atom is 0.0563 e. The molecule has 1 heterocycles. The molecule has 1 aliphatic heterocycles. The molecular formula is C33H31Cl2N. The largest absolute Gasteiger partial charge is 0.312 e. The van der Waals surface area contributed by atoms with Crippen molar-refractivity contribution in [1.82, 2.24) is 5.32 Å². The summed E-state index contributed by atoms with van der Waals surface area (Å²) in [6.45, 7) is 6.34. The summed E-state index contributed by atoms with van der Waals surface area (Å²) in [6, 6.07) is 22.1. The van der Waals surface area contributed by atoms with Gasteiger partial charge in [-0.25, -0.2) is 0 Å². The Morgan fingerprint density at radius 3 is 1.56 bits per heavy atom. The summed E-state index contributed by atoms with van der Waals surface area (Å²) < 4.78 is 0. The Labute approximate surface area is 224 Å². The third kappa shape index (κ3) is 4.18. The van der Waals surface area contributed by atoms with Gasteiger partial charge in [0.1, 0.15) is 0 Å². The van der Waals surface area contributed by atoms with Crippen molar-refractivity contribution in [3.63, 3.8) is 0 Å². The highest BCUT2D eigenvalue weighted by Gasteiger charge is 2.20. The van der Waals surface area contributed by atoms with Crippen LogP contribution in [0.3, 0.4) is 0 Å². The second-order valence-corrected chi connectivity index (χ2v) is 11.1. The Kier molecular flexibility index (Phi) is 6.42. The van der Waals surface area contributed by atoms with E-state index in [0.717, 1.165) is 58.2 Å². The van der Waals surface area contributed by atoms with Crippen molar-refractivity contribution in [2.75, 3.05) is 6.54 Å². The maximum atomic E-state index is 7.16. The zero-order valence-electron chi connectivity index (χ0n) is 21.0. The summed E-state index contributed by atoms with van der Waals surface area (Å²) in [5.74, 6) is 0. The Morgan fingerprint density at radius 2 is 1.00 bits per heavy atom. The molecule has 0 bridgehead atoms. The predicted molar refractivity (Wildman–Crippen MR) is 154 cm³/mol. The van der Waals surface area contributed by atoms with E-state index >= 15 is 0 Å². The molecule has 1 aliphatic carbocycles. The van der Waals surface area contributed by atoms with Crippen LogP contribution in [0.1, 0.15) is 46.2 Å². The van der Waals surface area contributed by atoms with Crippen LogP contribution in [0.5, 0.6) is 0 Å². The SMILES string of the molecule is Cc1cc2c(cc1-c1cccc(-c3cccc(-c4cc5c(cc4C)CNCC5)c3Cl)c1Cl)CCCC2.